The van der Waals surface area contributed by atoms with Crippen molar-refractivity contribution in [1.82, 2.24) is 9.55 Å². The summed E-state index contributed by atoms with van der Waals surface area (Å²) in [6.45, 7) is 8.81. The zero-order chi connectivity index (χ0) is 21.0. The number of aryl methyl sites for hydroxylation is 3. The molecule has 0 saturated carbocycles. The van der Waals surface area contributed by atoms with E-state index in [0.717, 1.165) is 23.0 Å². The van der Waals surface area contributed by atoms with Crippen LogP contribution < -0.4 is 20.3 Å². The van der Waals surface area contributed by atoms with Crippen LogP contribution in [0.3, 0.4) is 0 Å². The molecule has 1 aromatic heterocycles. The van der Waals surface area contributed by atoms with Crippen LogP contribution in [0.2, 0.25) is 0 Å². The van der Waals surface area contributed by atoms with Gasteiger partial charge in [-0.3, -0.25) is 0 Å². The van der Waals surface area contributed by atoms with Gasteiger partial charge in [-0.05, 0) is 0 Å². The van der Waals surface area contributed by atoms with Gasteiger partial charge in [-0.2, -0.15) is 0 Å². The van der Waals surface area contributed by atoms with Crippen molar-refractivity contribution in [1.29, 1.82) is 0 Å². The fraction of sp³-hybridized carbons (Fsp3) is 0.333. The summed E-state index contributed by atoms with van der Waals surface area (Å²) in [5.74, 6) is 0.0579. The molecule has 0 saturated heterocycles. The Morgan fingerprint density at radius 2 is 1.66 bits per heavy atom. The number of hydrogen-bond acceptors (Lipinski definition) is 2. The maximum absolute atomic E-state index is 12.7. The molecule has 2 aromatic carbocycles. The Bertz CT molecular complexity index is 1080. The van der Waals surface area contributed by atoms with Crippen LogP contribution in [0.4, 0.5) is 0 Å². The molecule has 1 N–H and O–H groups in total. The molecule has 0 radical (unpaired) electrons. The summed E-state index contributed by atoms with van der Waals surface area (Å²) in [6, 6.07) is 16.8. The van der Waals surface area contributed by atoms with Crippen molar-refractivity contribution in [3.05, 3.63) is 91.6 Å². The first-order valence-electron chi connectivity index (χ1n) is 10.0. The first-order valence-corrected chi connectivity index (χ1v) is 11.7. The summed E-state index contributed by atoms with van der Waals surface area (Å²) in [5.41, 5.74) is 3.87. The van der Waals surface area contributed by atoms with Crippen molar-refractivity contribution in [2.45, 2.75) is 53.0 Å². The van der Waals surface area contributed by atoms with E-state index in [1.165, 1.54) is 21.2 Å². The number of hydrogen-bond donors (Lipinski definition) is 1. The quantitative estimate of drug-likeness (QED) is 0.557. The van der Waals surface area contributed by atoms with Gasteiger partial charge in [0.05, 0.1) is 0 Å². The standard InChI is InChI=1S/C24H28N2O2Se/c1-16(2)21-22(27)25-24(28)26(12-8-11-19-9-6-5-7-10-19)23(21)29-20-14-17(3)13-18(4)15-20/h5-7,9-10,13-16H,8,11-12H2,1-4H3,(H,25,27,28). The summed E-state index contributed by atoms with van der Waals surface area (Å²) in [6.07, 6.45) is 1.75. The van der Waals surface area contributed by atoms with Crippen molar-refractivity contribution in [3.8, 4) is 0 Å². The van der Waals surface area contributed by atoms with Crippen molar-refractivity contribution >= 4 is 24.0 Å². The number of benzene rings is 2. The molecule has 0 fully saturated rings. The summed E-state index contributed by atoms with van der Waals surface area (Å²) >= 11 is -0.115. The Hall–Kier alpha value is -2.36. The molecule has 1 heterocycles. The molecule has 0 atom stereocenters. The van der Waals surface area contributed by atoms with Gasteiger partial charge in [0.1, 0.15) is 0 Å². The van der Waals surface area contributed by atoms with E-state index in [1.54, 1.807) is 4.57 Å². The van der Waals surface area contributed by atoms with Crippen molar-refractivity contribution in [2.75, 3.05) is 0 Å². The van der Waals surface area contributed by atoms with Crippen LogP contribution in [-0.4, -0.2) is 24.5 Å². The van der Waals surface area contributed by atoms with Crippen LogP contribution in [0.15, 0.2) is 58.1 Å². The topological polar surface area (TPSA) is 54.9 Å². The van der Waals surface area contributed by atoms with Gasteiger partial charge in [-0.1, -0.05) is 0 Å². The van der Waals surface area contributed by atoms with Crippen molar-refractivity contribution in [2.24, 2.45) is 0 Å². The van der Waals surface area contributed by atoms with Gasteiger partial charge in [-0.25, -0.2) is 0 Å². The number of aromatic amines is 1. The molecule has 0 aliphatic rings. The Morgan fingerprint density at radius 1 is 1.00 bits per heavy atom. The van der Waals surface area contributed by atoms with Gasteiger partial charge >= 0.3 is 178 Å². The first kappa shape index (κ1) is 21.4. The molecular weight excluding hydrogens is 427 g/mol. The average molecular weight is 455 g/mol. The molecule has 0 aliphatic carbocycles. The second kappa shape index (κ2) is 9.42. The third-order valence-electron chi connectivity index (χ3n) is 4.86. The Balaban J connectivity index is 1.98. The monoisotopic (exact) mass is 456 g/mol. The van der Waals surface area contributed by atoms with Crippen LogP contribution in [0.5, 0.6) is 0 Å². The van der Waals surface area contributed by atoms with Crippen molar-refractivity contribution < 1.29 is 0 Å². The van der Waals surface area contributed by atoms with Gasteiger partial charge < -0.3 is 0 Å². The zero-order valence-electron chi connectivity index (χ0n) is 17.5. The Kier molecular flexibility index (Phi) is 6.94. The van der Waals surface area contributed by atoms with E-state index >= 15 is 0 Å². The molecule has 152 valence electrons. The predicted octanol–water partition coefficient (Wildman–Crippen LogP) is 2.56. The molecule has 3 aromatic rings. The SMILES string of the molecule is Cc1cc(C)cc([Se]c2c(C(C)C)c(=O)[nH]c(=O)n2CCCc2ccccc2)c1. The average Bonchev–Trinajstić information content (AvgIpc) is 2.63. The van der Waals surface area contributed by atoms with Gasteiger partial charge in [-0.15, -0.1) is 0 Å². The van der Waals surface area contributed by atoms with Gasteiger partial charge in [0, 0.05) is 0 Å². The van der Waals surface area contributed by atoms with Crippen LogP contribution in [-0.2, 0) is 13.0 Å². The molecule has 3 rings (SSSR count). The fourth-order valence-electron chi connectivity index (χ4n) is 3.58. The van der Waals surface area contributed by atoms with E-state index in [-0.39, 0.29) is 32.1 Å². The van der Waals surface area contributed by atoms with E-state index < -0.39 is 0 Å². The Labute approximate surface area is 178 Å². The van der Waals surface area contributed by atoms with E-state index in [4.69, 9.17) is 0 Å². The van der Waals surface area contributed by atoms with Crippen LogP contribution >= 0.6 is 0 Å². The summed E-state index contributed by atoms with van der Waals surface area (Å²) in [4.78, 5) is 27.9. The normalized spacial score (nSPS) is 11.2. The number of aromatic nitrogens is 2. The van der Waals surface area contributed by atoms with Gasteiger partial charge in [0.15, 0.2) is 0 Å². The predicted molar refractivity (Wildman–Crippen MR) is 121 cm³/mol. The molecule has 4 nitrogen and oxygen atoms in total. The first-order chi connectivity index (χ1) is 13.8. The molecule has 29 heavy (non-hydrogen) atoms. The second-order valence-electron chi connectivity index (χ2n) is 7.80. The number of nitrogens with zero attached hydrogens (tertiary/aromatic N) is 1. The number of nitrogens with one attached hydrogen (secondary N) is 1. The molecule has 0 aliphatic heterocycles. The van der Waals surface area contributed by atoms with E-state index in [0.29, 0.717) is 6.54 Å². The van der Waals surface area contributed by atoms with Gasteiger partial charge in [0.25, 0.3) is 0 Å². The van der Waals surface area contributed by atoms with Crippen LogP contribution in [0.25, 0.3) is 0 Å². The molecule has 0 amide bonds. The van der Waals surface area contributed by atoms with Crippen LogP contribution in [0, 0.1) is 13.8 Å². The second-order valence-corrected chi connectivity index (χ2v) is 10.0. The summed E-state index contributed by atoms with van der Waals surface area (Å²) < 4.78 is 3.90. The third kappa shape index (κ3) is 5.37. The number of H-pyrrole nitrogens is 1. The number of rotatable bonds is 7. The molecule has 0 spiro atoms. The van der Waals surface area contributed by atoms with Crippen molar-refractivity contribution in [3.63, 3.8) is 0 Å². The summed E-state index contributed by atoms with van der Waals surface area (Å²) in [7, 11) is 0. The van der Waals surface area contributed by atoms with E-state index in [2.05, 4.69) is 49.2 Å². The molecule has 0 unspecified atom stereocenters. The zero-order valence-corrected chi connectivity index (χ0v) is 19.2. The minimum atomic E-state index is -0.297. The molecule has 0 bridgehead atoms. The Morgan fingerprint density at radius 3 is 2.28 bits per heavy atom. The van der Waals surface area contributed by atoms with E-state index in [1.807, 2.05) is 32.0 Å². The minimum absolute atomic E-state index is 0.0579. The van der Waals surface area contributed by atoms with E-state index in [9.17, 15) is 9.59 Å². The fourth-order valence-corrected chi connectivity index (χ4v) is 6.59. The maximum atomic E-state index is 12.7. The summed E-state index contributed by atoms with van der Waals surface area (Å²) in [5, 5.41) is 0. The molecule has 5 heteroatoms. The van der Waals surface area contributed by atoms with Crippen LogP contribution in [0.1, 0.15) is 48.4 Å². The molecular formula is C24H28N2O2Se. The third-order valence-corrected chi connectivity index (χ3v) is 7.18. The van der Waals surface area contributed by atoms with Gasteiger partial charge in [0.2, 0.25) is 0 Å².